The number of hydrogen-bond acceptors (Lipinski definition) is 4. The van der Waals surface area contributed by atoms with Crippen LogP contribution in [0.4, 0.5) is 0 Å². The summed E-state index contributed by atoms with van der Waals surface area (Å²) in [4.78, 5) is 40.6. The van der Waals surface area contributed by atoms with Gasteiger partial charge in [0, 0.05) is 34.4 Å². The average Bonchev–Trinajstić information content (AvgIpc) is 2.96. The number of aromatic nitrogens is 1. The van der Waals surface area contributed by atoms with Crippen molar-refractivity contribution in [2.45, 2.75) is 60.2 Å². The van der Waals surface area contributed by atoms with Gasteiger partial charge in [0.15, 0.2) is 5.78 Å². The number of nitrogens with zero attached hydrogens (tertiary/aromatic N) is 2. The van der Waals surface area contributed by atoms with Gasteiger partial charge in [0.05, 0.1) is 13.2 Å². The molecule has 1 atom stereocenters. The first-order valence-electron chi connectivity index (χ1n) is 9.97. The zero-order valence-corrected chi connectivity index (χ0v) is 19.3. The van der Waals surface area contributed by atoms with E-state index in [-0.39, 0.29) is 17.7 Å². The molecule has 2 rings (SSSR count). The van der Waals surface area contributed by atoms with Crippen molar-refractivity contribution in [2.24, 2.45) is 0 Å². The number of carbonyl (C=O) groups excluding carboxylic acids is 3. The molecule has 0 saturated heterocycles. The molecular formula is C23H29ClN2O4. The Bertz CT molecular complexity index is 961. The monoisotopic (exact) mass is 432 g/mol. The van der Waals surface area contributed by atoms with E-state index in [4.69, 9.17) is 16.3 Å². The van der Waals surface area contributed by atoms with Crippen LogP contribution in [0.3, 0.4) is 0 Å². The minimum absolute atomic E-state index is 0.207. The predicted octanol–water partition coefficient (Wildman–Crippen LogP) is 4.69. The number of halogens is 1. The van der Waals surface area contributed by atoms with E-state index in [1.54, 1.807) is 47.6 Å². The molecule has 0 bridgehead atoms. The Labute approximate surface area is 182 Å². The molecule has 0 fully saturated rings. The number of amides is 1. The lowest BCUT2D eigenvalue weighted by Gasteiger charge is -2.32. The highest BCUT2D eigenvalue weighted by Gasteiger charge is 2.34. The quantitative estimate of drug-likeness (QED) is 0.470. The van der Waals surface area contributed by atoms with Crippen LogP contribution in [0.1, 0.15) is 70.2 Å². The maximum atomic E-state index is 13.5. The van der Waals surface area contributed by atoms with Crippen molar-refractivity contribution in [2.75, 3.05) is 7.11 Å². The van der Waals surface area contributed by atoms with Gasteiger partial charge in [-0.2, -0.15) is 0 Å². The third kappa shape index (κ3) is 4.29. The van der Waals surface area contributed by atoms with E-state index < -0.39 is 12.0 Å². The number of carbonyl (C=O) groups is 3. The SMILES string of the molecule is CCn1c(C)c(C(=O)[C@H](C)N(C(=O)c2ccc(Cl)cc2)C(C)C)c(C)c1C(=O)OC. The summed E-state index contributed by atoms with van der Waals surface area (Å²) in [6.07, 6.45) is 0. The second-order valence-electron chi connectivity index (χ2n) is 7.52. The summed E-state index contributed by atoms with van der Waals surface area (Å²) in [5.41, 5.74) is 2.55. The maximum Gasteiger partial charge on any atom is 0.354 e. The second kappa shape index (κ2) is 9.47. The first kappa shape index (κ1) is 23.7. The molecule has 6 nitrogen and oxygen atoms in total. The normalized spacial score (nSPS) is 12.0. The van der Waals surface area contributed by atoms with E-state index in [0.29, 0.717) is 39.6 Å². The van der Waals surface area contributed by atoms with Crippen LogP contribution in [0.15, 0.2) is 24.3 Å². The molecule has 1 aromatic heterocycles. The number of hydrogen-bond donors (Lipinski definition) is 0. The molecule has 162 valence electrons. The van der Waals surface area contributed by atoms with E-state index in [1.807, 2.05) is 27.7 Å². The number of methoxy groups -OCH3 is 1. The number of ether oxygens (including phenoxy) is 1. The van der Waals surface area contributed by atoms with Crippen molar-refractivity contribution in [1.82, 2.24) is 9.47 Å². The summed E-state index contributed by atoms with van der Waals surface area (Å²) in [5.74, 6) is -0.943. The van der Waals surface area contributed by atoms with Crippen molar-refractivity contribution in [3.05, 3.63) is 57.4 Å². The number of ketones is 1. The number of esters is 1. The molecule has 0 saturated carbocycles. The molecule has 1 aromatic carbocycles. The number of benzene rings is 1. The standard InChI is InChI=1S/C23H29ClN2O4/c1-8-25-15(5)19(14(4)20(25)23(29)30-7)21(27)16(6)26(13(2)3)22(28)17-9-11-18(24)12-10-17/h9-13,16H,8H2,1-7H3/t16-/m0/s1. The summed E-state index contributed by atoms with van der Waals surface area (Å²) in [5, 5.41) is 0.536. The third-order valence-electron chi connectivity index (χ3n) is 5.39. The lowest BCUT2D eigenvalue weighted by Crippen LogP contribution is -2.47. The van der Waals surface area contributed by atoms with Gasteiger partial charge in [-0.05, 0) is 71.4 Å². The fraction of sp³-hybridized carbons (Fsp3) is 0.435. The van der Waals surface area contributed by atoms with Gasteiger partial charge in [-0.3, -0.25) is 9.59 Å². The van der Waals surface area contributed by atoms with E-state index >= 15 is 0 Å². The average molecular weight is 433 g/mol. The molecular weight excluding hydrogens is 404 g/mol. The van der Waals surface area contributed by atoms with Gasteiger partial charge in [-0.25, -0.2) is 4.79 Å². The van der Waals surface area contributed by atoms with Crippen molar-refractivity contribution >= 4 is 29.3 Å². The van der Waals surface area contributed by atoms with Gasteiger partial charge in [0.25, 0.3) is 5.91 Å². The molecule has 0 spiro atoms. The lowest BCUT2D eigenvalue weighted by molar-refractivity contribution is 0.0565. The van der Waals surface area contributed by atoms with E-state index in [9.17, 15) is 14.4 Å². The Balaban J connectivity index is 2.50. The number of Topliss-reactive ketones (excluding diaryl/α,β-unsaturated/α-hetero) is 1. The Kier molecular flexibility index (Phi) is 7.48. The smallest absolute Gasteiger partial charge is 0.354 e. The topological polar surface area (TPSA) is 68.6 Å². The summed E-state index contributed by atoms with van der Waals surface area (Å²) < 4.78 is 6.69. The van der Waals surface area contributed by atoms with Gasteiger partial charge in [0.1, 0.15) is 5.69 Å². The first-order valence-corrected chi connectivity index (χ1v) is 10.3. The van der Waals surface area contributed by atoms with Crippen LogP contribution in [-0.4, -0.2) is 46.3 Å². The third-order valence-corrected chi connectivity index (χ3v) is 5.64. The van der Waals surface area contributed by atoms with Gasteiger partial charge >= 0.3 is 5.97 Å². The van der Waals surface area contributed by atoms with E-state index in [2.05, 4.69) is 0 Å². The Morgan fingerprint density at radius 3 is 2.13 bits per heavy atom. The van der Waals surface area contributed by atoms with Gasteiger partial charge in [-0.15, -0.1) is 0 Å². The molecule has 7 heteroatoms. The molecule has 0 aliphatic rings. The van der Waals surface area contributed by atoms with Crippen LogP contribution in [-0.2, 0) is 11.3 Å². The number of rotatable bonds is 7. The zero-order valence-electron chi connectivity index (χ0n) is 18.6. The summed E-state index contributed by atoms with van der Waals surface area (Å²) in [6, 6.07) is 5.67. The maximum absolute atomic E-state index is 13.5. The van der Waals surface area contributed by atoms with Crippen molar-refractivity contribution < 1.29 is 19.1 Å². The summed E-state index contributed by atoms with van der Waals surface area (Å²) in [7, 11) is 1.32. The fourth-order valence-corrected chi connectivity index (χ4v) is 4.07. The van der Waals surface area contributed by atoms with Crippen LogP contribution < -0.4 is 0 Å². The van der Waals surface area contributed by atoms with E-state index in [1.165, 1.54) is 7.11 Å². The van der Waals surface area contributed by atoms with Crippen molar-refractivity contribution in [3.8, 4) is 0 Å². The second-order valence-corrected chi connectivity index (χ2v) is 7.96. The summed E-state index contributed by atoms with van der Waals surface area (Å²) >= 11 is 5.94. The van der Waals surface area contributed by atoms with Crippen LogP contribution in [0.5, 0.6) is 0 Å². The van der Waals surface area contributed by atoms with Gasteiger partial charge in [0.2, 0.25) is 0 Å². The van der Waals surface area contributed by atoms with E-state index in [0.717, 1.165) is 0 Å². The Hall–Kier alpha value is -2.60. The largest absolute Gasteiger partial charge is 0.464 e. The minimum atomic E-state index is -0.719. The van der Waals surface area contributed by atoms with Crippen LogP contribution in [0.2, 0.25) is 5.02 Å². The molecule has 0 radical (unpaired) electrons. The fourth-order valence-electron chi connectivity index (χ4n) is 3.95. The Morgan fingerprint density at radius 2 is 1.67 bits per heavy atom. The van der Waals surface area contributed by atoms with Gasteiger partial charge in [-0.1, -0.05) is 11.6 Å². The molecule has 30 heavy (non-hydrogen) atoms. The first-order chi connectivity index (χ1) is 14.1. The highest BCUT2D eigenvalue weighted by Crippen LogP contribution is 2.27. The van der Waals surface area contributed by atoms with Crippen LogP contribution >= 0.6 is 11.6 Å². The molecule has 0 aliphatic heterocycles. The molecule has 2 aromatic rings. The molecule has 0 unspecified atom stereocenters. The Morgan fingerprint density at radius 1 is 1.10 bits per heavy atom. The van der Waals surface area contributed by atoms with Crippen molar-refractivity contribution in [1.29, 1.82) is 0 Å². The molecule has 1 amide bonds. The molecule has 1 heterocycles. The van der Waals surface area contributed by atoms with Crippen LogP contribution in [0, 0.1) is 13.8 Å². The van der Waals surface area contributed by atoms with Crippen LogP contribution in [0.25, 0.3) is 0 Å². The predicted molar refractivity (Wildman–Crippen MR) is 117 cm³/mol. The molecule has 0 aliphatic carbocycles. The minimum Gasteiger partial charge on any atom is -0.464 e. The highest BCUT2D eigenvalue weighted by molar-refractivity contribution is 6.30. The lowest BCUT2D eigenvalue weighted by atomic mass is 9.98. The zero-order chi connectivity index (χ0) is 22.7. The van der Waals surface area contributed by atoms with Crippen molar-refractivity contribution in [3.63, 3.8) is 0 Å². The summed E-state index contributed by atoms with van der Waals surface area (Å²) in [6.45, 7) is 11.4. The molecule has 0 N–H and O–H groups in total. The van der Waals surface area contributed by atoms with Gasteiger partial charge < -0.3 is 14.2 Å². The highest BCUT2D eigenvalue weighted by atomic mass is 35.5.